The molecule has 0 bridgehead atoms. The Hall–Kier alpha value is -1.51. The summed E-state index contributed by atoms with van der Waals surface area (Å²) in [6.07, 6.45) is 5.05. The molecule has 0 radical (unpaired) electrons. The Bertz CT molecular complexity index is 1160. The number of hydrogen-bond acceptors (Lipinski definition) is 3. The summed E-state index contributed by atoms with van der Waals surface area (Å²) in [6, 6.07) is 22.0. The Balaban J connectivity index is 1.78. The minimum Gasteiger partial charge on any atom is -0.413 e. The first-order valence-electron chi connectivity index (χ1n) is 17.4. The predicted octanol–water partition coefficient (Wildman–Crippen LogP) is 8.97. The zero-order valence-electron chi connectivity index (χ0n) is 29.6. The van der Waals surface area contributed by atoms with Crippen LogP contribution in [0.5, 0.6) is 0 Å². The third-order valence-electron chi connectivity index (χ3n) is 11.7. The van der Waals surface area contributed by atoms with E-state index in [4.69, 9.17) is 8.85 Å². The molecule has 0 aromatic heterocycles. The van der Waals surface area contributed by atoms with Gasteiger partial charge in [0.1, 0.15) is 0 Å². The van der Waals surface area contributed by atoms with Gasteiger partial charge in [0.25, 0.3) is 8.32 Å². The van der Waals surface area contributed by atoms with E-state index in [2.05, 4.69) is 143 Å². The normalized spacial score (nSPS) is 26.7. The van der Waals surface area contributed by atoms with E-state index in [0.717, 1.165) is 6.42 Å². The van der Waals surface area contributed by atoms with Crippen LogP contribution in [-0.4, -0.2) is 41.1 Å². The van der Waals surface area contributed by atoms with Crippen molar-refractivity contribution >= 4 is 27.0 Å². The molecule has 244 valence electrons. The monoisotopic (exact) mass is 634 g/mol. The SMILES string of the molecule is CC1=C[C@@H]2[C@H]([C@H](CO[Si](c3ccccc3)(c3ccccc3)C(C)(C)C)[C@@H]1CO)[C@@H](C)CC[C@@H]2O[Si](C(C)C)(C(C)C)C(C)C. The molecule has 44 heavy (non-hydrogen) atoms. The lowest BCUT2D eigenvalue weighted by Crippen LogP contribution is -2.67. The quantitative estimate of drug-likeness (QED) is 0.198. The van der Waals surface area contributed by atoms with Gasteiger partial charge in [0.15, 0.2) is 0 Å². The number of benzene rings is 2. The van der Waals surface area contributed by atoms with Gasteiger partial charge in [-0.2, -0.15) is 0 Å². The van der Waals surface area contributed by atoms with Crippen molar-refractivity contribution in [1.82, 2.24) is 0 Å². The number of hydrogen-bond donors (Lipinski definition) is 1. The second kappa shape index (κ2) is 14.1. The van der Waals surface area contributed by atoms with Gasteiger partial charge in [0, 0.05) is 25.0 Å². The van der Waals surface area contributed by atoms with Crippen molar-refractivity contribution in [3.63, 3.8) is 0 Å². The number of rotatable bonds is 11. The molecule has 2 aromatic carbocycles. The van der Waals surface area contributed by atoms with Gasteiger partial charge in [-0.05, 0) is 69.6 Å². The maximum atomic E-state index is 10.9. The minimum absolute atomic E-state index is 0.0792. The summed E-state index contributed by atoms with van der Waals surface area (Å²) in [4.78, 5) is 0. The highest BCUT2D eigenvalue weighted by Crippen LogP contribution is 2.52. The van der Waals surface area contributed by atoms with Crippen molar-refractivity contribution in [2.75, 3.05) is 13.2 Å². The molecule has 1 fully saturated rings. The van der Waals surface area contributed by atoms with Gasteiger partial charge in [-0.3, -0.25) is 0 Å². The van der Waals surface area contributed by atoms with Crippen molar-refractivity contribution in [3.8, 4) is 0 Å². The Morgan fingerprint density at radius 2 is 1.32 bits per heavy atom. The van der Waals surface area contributed by atoms with E-state index in [0.29, 0.717) is 41.0 Å². The Labute approximate surface area is 272 Å². The lowest BCUT2D eigenvalue weighted by atomic mass is 9.58. The number of fused-ring (bicyclic) bond motifs is 1. The van der Waals surface area contributed by atoms with Gasteiger partial charge in [0.05, 0.1) is 6.10 Å². The maximum absolute atomic E-state index is 10.9. The highest BCUT2D eigenvalue weighted by molar-refractivity contribution is 6.99. The summed E-state index contributed by atoms with van der Waals surface area (Å²) in [7, 11) is -4.75. The summed E-state index contributed by atoms with van der Waals surface area (Å²) in [6.45, 7) is 27.0. The third kappa shape index (κ3) is 6.38. The molecule has 0 amide bonds. The molecule has 6 atom stereocenters. The molecule has 0 heterocycles. The van der Waals surface area contributed by atoms with Gasteiger partial charge in [-0.25, -0.2) is 0 Å². The Morgan fingerprint density at radius 1 is 0.818 bits per heavy atom. The first-order valence-corrected chi connectivity index (χ1v) is 21.5. The van der Waals surface area contributed by atoms with Crippen molar-refractivity contribution in [3.05, 3.63) is 72.3 Å². The maximum Gasteiger partial charge on any atom is 0.261 e. The van der Waals surface area contributed by atoms with E-state index >= 15 is 0 Å². The van der Waals surface area contributed by atoms with Crippen molar-refractivity contribution in [1.29, 1.82) is 0 Å². The zero-order valence-corrected chi connectivity index (χ0v) is 31.6. The largest absolute Gasteiger partial charge is 0.413 e. The molecule has 0 unspecified atom stereocenters. The molecule has 4 rings (SSSR count). The Kier molecular flexibility index (Phi) is 11.3. The van der Waals surface area contributed by atoms with Crippen LogP contribution in [-0.2, 0) is 8.85 Å². The first-order chi connectivity index (χ1) is 20.7. The first kappa shape index (κ1) is 35.3. The van der Waals surface area contributed by atoms with Crippen LogP contribution in [0.3, 0.4) is 0 Å². The third-order valence-corrected chi connectivity index (χ3v) is 22.8. The van der Waals surface area contributed by atoms with Crippen LogP contribution in [0, 0.1) is 29.6 Å². The molecule has 0 spiro atoms. The molecular weight excluding hydrogens is 573 g/mol. The molecule has 2 aliphatic carbocycles. The summed E-state index contributed by atoms with van der Waals surface area (Å²) >= 11 is 0. The second-order valence-electron chi connectivity index (χ2n) is 16.0. The van der Waals surface area contributed by atoms with Crippen molar-refractivity contribution in [2.24, 2.45) is 29.6 Å². The molecule has 1 saturated carbocycles. The number of aliphatic hydroxyl groups excluding tert-OH is 1. The fourth-order valence-corrected chi connectivity index (χ4v) is 19.9. The topological polar surface area (TPSA) is 38.7 Å². The standard InChI is InChI=1S/C39H62O3Si2/c1-27(2)43(28(3)4,29(5)6)42-37-23-22-30(7)38-34(37)24-31(8)35(25-40)36(38)26-41-44(39(9,10)11,32-18-14-12-15-19-32)33-20-16-13-17-21-33/h12-21,24,27-30,34-38,40H,22-23,25-26H2,1-11H3/t30-,34-,35+,36+,37-,38+/m0/s1. The smallest absolute Gasteiger partial charge is 0.261 e. The fourth-order valence-electron chi connectivity index (χ4n) is 9.70. The van der Waals surface area contributed by atoms with Crippen LogP contribution < -0.4 is 10.4 Å². The summed E-state index contributed by atoms with van der Waals surface area (Å²) in [5, 5.41) is 13.4. The summed E-state index contributed by atoms with van der Waals surface area (Å²) < 4.78 is 15.2. The molecule has 2 aromatic rings. The van der Waals surface area contributed by atoms with Crippen LogP contribution in [0.1, 0.15) is 89.0 Å². The predicted molar refractivity (Wildman–Crippen MR) is 193 cm³/mol. The molecule has 3 nitrogen and oxygen atoms in total. The minimum atomic E-state index is -2.70. The van der Waals surface area contributed by atoms with Crippen molar-refractivity contribution < 1.29 is 14.0 Å². The molecule has 1 N–H and O–H groups in total. The summed E-state index contributed by atoms with van der Waals surface area (Å²) in [5.74, 6) is 1.69. The zero-order chi connectivity index (χ0) is 32.4. The average molecular weight is 635 g/mol. The van der Waals surface area contributed by atoms with Crippen LogP contribution in [0.2, 0.25) is 21.7 Å². The van der Waals surface area contributed by atoms with E-state index in [1.54, 1.807) is 0 Å². The van der Waals surface area contributed by atoms with Crippen LogP contribution in [0.15, 0.2) is 72.3 Å². The van der Waals surface area contributed by atoms with Crippen LogP contribution in [0.25, 0.3) is 0 Å². The van der Waals surface area contributed by atoms with Crippen LogP contribution in [0.4, 0.5) is 0 Å². The van der Waals surface area contributed by atoms with E-state index in [1.807, 2.05) is 0 Å². The van der Waals surface area contributed by atoms with Gasteiger partial charge < -0.3 is 14.0 Å². The van der Waals surface area contributed by atoms with E-state index in [9.17, 15) is 5.11 Å². The highest BCUT2D eigenvalue weighted by Gasteiger charge is 2.54. The van der Waals surface area contributed by atoms with Gasteiger partial charge in [-0.1, -0.05) is 142 Å². The van der Waals surface area contributed by atoms with E-state index < -0.39 is 16.6 Å². The molecular formula is C39H62O3Si2. The molecule has 0 aliphatic heterocycles. The molecule has 5 heteroatoms. The van der Waals surface area contributed by atoms with Gasteiger partial charge in [-0.15, -0.1) is 0 Å². The lowest BCUT2D eigenvalue weighted by molar-refractivity contribution is -0.0311. The van der Waals surface area contributed by atoms with Gasteiger partial charge in [0.2, 0.25) is 8.32 Å². The summed E-state index contributed by atoms with van der Waals surface area (Å²) in [5.41, 5.74) is 3.01. The second-order valence-corrected chi connectivity index (χ2v) is 25.7. The fraction of sp³-hybridized carbons (Fsp3) is 0.641. The van der Waals surface area contributed by atoms with Gasteiger partial charge >= 0.3 is 0 Å². The van der Waals surface area contributed by atoms with Crippen LogP contribution >= 0.6 is 0 Å². The van der Waals surface area contributed by atoms with E-state index in [-0.39, 0.29) is 29.6 Å². The average Bonchev–Trinajstić information content (AvgIpc) is 2.96. The van der Waals surface area contributed by atoms with E-state index in [1.165, 1.54) is 22.4 Å². The Morgan fingerprint density at radius 3 is 1.75 bits per heavy atom. The van der Waals surface area contributed by atoms with Crippen molar-refractivity contribution in [2.45, 2.75) is 117 Å². The number of aliphatic hydroxyl groups is 1. The molecule has 2 aliphatic rings. The lowest BCUT2D eigenvalue weighted by Gasteiger charge is -2.54. The molecule has 0 saturated heterocycles. The highest BCUT2D eigenvalue weighted by atomic mass is 28.4.